The van der Waals surface area contributed by atoms with Gasteiger partial charge in [-0.15, -0.1) is 11.3 Å². The molecule has 0 saturated heterocycles. The van der Waals surface area contributed by atoms with E-state index in [1.165, 1.54) is 0 Å². The van der Waals surface area contributed by atoms with E-state index in [1.54, 1.807) is 23.7 Å². The normalized spacial score (nSPS) is 11.1. The molecule has 4 rings (SSSR count). The quantitative estimate of drug-likeness (QED) is 0.574. The molecule has 0 aliphatic heterocycles. The molecule has 4 nitrogen and oxygen atoms in total. The van der Waals surface area contributed by atoms with Crippen molar-refractivity contribution in [2.24, 2.45) is 0 Å². The number of nitrogens with one attached hydrogen (secondary N) is 1. The summed E-state index contributed by atoms with van der Waals surface area (Å²) < 4.78 is 0.987. The van der Waals surface area contributed by atoms with Crippen molar-refractivity contribution in [3.8, 4) is 21.3 Å². The highest BCUT2D eigenvalue weighted by molar-refractivity contribution is 9.10. The minimum atomic E-state index is 0.842. The van der Waals surface area contributed by atoms with Gasteiger partial charge < -0.3 is 4.98 Å². The van der Waals surface area contributed by atoms with Crippen LogP contribution in [0.1, 0.15) is 0 Å². The van der Waals surface area contributed by atoms with Crippen LogP contribution in [0.4, 0.5) is 0 Å². The van der Waals surface area contributed by atoms with Crippen molar-refractivity contribution < 1.29 is 0 Å². The highest BCUT2D eigenvalue weighted by atomic mass is 79.9. The molecule has 0 atom stereocenters. The maximum atomic E-state index is 4.65. The van der Waals surface area contributed by atoms with Crippen LogP contribution in [-0.2, 0) is 0 Å². The van der Waals surface area contributed by atoms with Crippen LogP contribution in [-0.4, -0.2) is 19.9 Å². The lowest BCUT2D eigenvalue weighted by Gasteiger charge is -1.92. The van der Waals surface area contributed by atoms with Gasteiger partial charge in [0.25, 0.3) is 0 Å². The van der Waals surface area contributed by atoms with Crippen molar-refractivity contribution in [2.45, 2.75) is 0 Å². The predicted octanol–water partition coefficient (Wildman–Crippen LogP) is 4.51. The minimum absolute atomic E-state index is 0.842. The molecule has 1 N–H and O–H groups in total. The highest BCUT2D eigenvalue weighted by Crippen LogP contribution is 2.32. The Balaban J connectivity index is 1.79. The maximum absolute atomic E-state index is 4.65. The summed E-state index contributed by atoms with van der Waals surface area (Å²) in [6, 6.07) is 9.91. The summed E-state index contributed by atoms with van der Waals surface area (Å²) >= 11 is 5.14. The fourth-order valence-corrected chi connectivity index (χ4v) is 3.45. The van der Waals surface area contributed by atoms with Gasteiger partial charge in [0.15, 0.2) is 0 Å². The van der Waals surface area contributed by atoms with Crippen molar-refractivity contribution in [3.63, 3.8) is 0 Å². The first kappa shape index (κ1) is 12.7. The number of aromatic nitrogens is 4. The largest absolute Gasteiger partial charge is 0.337 e. The third-order valence-electron chi connectivity index (χ3n) is 3.13. The van der Waals surface area contributed by atoms with Gasteiger partial charge in [-0.05, 0) is 40.2 Å². The zero-order valence-electron chi connectivity index (χ0n) is 10.7. The van der Waals surface area contributed by atoms with Crippen molar-refractivity contribution in [2.75, 3.05) is 0 Å². The summed E-state index contributed by atoms with van der Waals surface area (Å²) in [6.07, 6.45) is 5.40. The van der Waals surface area contributed by atoms with Gasteiger partial charge in [-0.1, -0.05) is 6.07 Å². The van der Waals surface area contributed by atoms with E-state index in [-0.39, 0.29) is 0 Å². The average Bonchev–Trinajstić information content (AvgIpc) is 3.15. The Morgan fingerprint density at radius 3 is 2.76 bits per heavy atom. The second-order valence-corrected chi connectivity index (χ2v) is 6.37. The zero-order chi connectivity index (χ0) is 14.2. The predicted molar refractivity (Wildman–Crippen MR) is 88.1 cm³/mol. The zero-order valence-corrected chi connectivity index (χ0v) is 13.1. The third kappa shape index (κ3) is 2.26. The van der Waals surface area contributed by atoms with E-state index in [9.17, 15) is 0 Å². The molecular weight excluding hydrogens is 348 g/mol. The number of aromatic amines is 1. The van der Waals surface area contributed by atoms with E-state index in [1.807, 2.05) is 36.5 Å². The van der Waals surface area contributed by atoms with Crippen molar-refractivity contribution in [1.29, 1.82) is 0 Å². The molecule has 1 aromatic carbocycles. The van der Waals surface area contributed by atoms with Crippen LogP contribution < -0.4 is 0 Å². The van der Waals surface area contributed by atoms with Gasteiger partial charge in [-0.25, -0.2) is 9.97 Å². The summed E-state index contributed by atoms with van der Waals surface area (Å²) in [6.45, 7) is 0. The molecule has 0 saturated carbocycles. The Hall–Kier alpha value is -2.05. The van der Waals surface area contributed by atoms with Crippen LogP contribution in [0.3, 0.4) is 0 Å². The molecule has 3 aromatic heterocycles. The molecule has 4 aromatic rings. The SMILES string of the molecule is Brc1cccc2[nH]c(-c3cnc(-c4ccncc4)s3)nc12. The summed E-state index contributed by atoms with van der Waals surface area (Å²) in [5.41, 5.74) is 3.02. The number of halogens is 1. The molecule has 0 bridgehead atoms. The number of para-hydroxylation sites is 1. The number of fused-ring (bicyclic) bond motifs is 1. The van der Waals surface area contributed by atoms with Crippen LogP contribution in [0.5, 0.6) is 0 Å². The Morgan fingerprint density at radius 2 is 1.95 bits per heavy atom. The van der Waals surface area contributed by atoms with Gasteiger partial charge in [-0.2, -0.15) is 0 Å². The van der Waals surface area contributed by atoms with E-state index in [0.717, 1.165) is 36.8 Å². The van der Waals surface area contributed by atoms with Crippen molar-refractivity contribution in [1.82, 2.24) is 19.9 Å². The molecule has 6 heteroatoms. The molecule has 0 aliphatic carbocycles. The number of pyridine rings is 1. The van der Waals surface area contributed by atoms with Crippen molar-refractivity contribution in [3.05, 3.63) is 53.4 Å². The first-order valence-corrected chi connectivity index (χ1v) is 7.93. The molecule has 102 valence electrons. The summed E-state index contributed by atoms with van der Waals surface area (Å²) in [5.74, 6) is 0.842. The summed E-state index contributed by atoms with van der Waals surface area (Å²) in [4.78, 5) is 17.5. The smallest absolute Gasteiger partial charge is 0.150 e. The van der Waals surface area contributed by atoms with E-state index in [4.69, 9.17) is 0 Å². The molecule has 0 spiro atoms. The second kappa shape index (κ2) is 5.05. The van der Waals surface area contributed by atoms with Gasteiger partial charge >= 0.3 is 0 Å². The number of hydrogen-bond acceptors (Lipinski definition) is 4. The molecule has 0 radical (unpaired) electrons. The third-order valence-corrected chi connectivity index (χ3v) is 4.82. The molecule has 0 aliphatic rings. The van der Waals surface area contributed by atoms with E-state index in [0.29, 0.717) is 0 Å². The molecule has 0 fully saturated rings. The van der Waals surface area contributed by atoms with E-state index >= 15 is 0 Å². The number of imidazole rings is 1. The van der Waals surface area contributed by atoms with Gasteiger partial charge in [0.05, 0.1) is 10.4 Å². The Kier molecular flexibility index (Phi) is 3.05. The number of hydrogen-bond donors (Lipinski definition) is 1. The maximum Gasteiger partial charge on any atom is 0.150 e. The molecule has 0 amide bonds. The lowest BCUT2D eigenvalue weighted by molar-refractivity contribution is 1.31. The Morgan fingerprint density at radius 1 is 1.10 bits per heavy atom. The highest BCUT2D eigenvalue weighted by Gasteiger charge is 2.11. The van der Waals surface area contributed by atoms with Crippen LogP contribution in [0, 0.1) is 0 Å². The number of rotatable bonds is 2. The standard InChI is InChI=1S/C15H9BrN4S/c16-10-2-1-3-11-13(10)20-14(19-11)12-8-18-15(21-12)9-4-6-17-7-5-9/h1-8H,(H,19,20). The molecule has 3 heterocycles. The first-order chi connectivity index (χ1) is 10.3. The van der Waals surface area contributed by atoms with Crippen molar-refractivity contribution >= 4 is 38.3 Å². The molecule has 21 heavy (non-hydrogen) atoms. The first-order valence-electron chi connectivity index (χ1n) is 6.32. The fraction of sp³-hybridized carbons (Fsp3) is 0. The monoisotopic (exact) mass is 356 g/mol. The van der Waals surface area contributed by atoms with Gasteiger partial charge in [0.1, 0.15) is 16.3 Å². The Bertz CT molecular complexity index is 914. The lowest BCUT2D eigenvalue weighted by Crippen LogP contribution is -1.74. The number of benzene rings is 1. The summed E-state index contributed by atoms with van der Waals surface area (Å²) in [5, 5.41) is 0.965. The van der Waals surface area contributed by atoms with Gasteiger partial charge in [0.2, 0.25) is 0 Å². The van der Waals surface area contributed by atoms with Gasteiger partial charge in [-0.3, -0.25) is 4.98 Å². The number of H-pyrrole nitrogens is 1. The molecular formula is C15H9BrN4S. The topological polar surface area (TPSA) is 54.5 Å². The number of thiazole rings is 1. The Labute approximate surface area is 133 Å². The van der Waals surface area contributed by atoms with Crippen LogP contribution in [0.15, 0.2) is 53.4 Å². The van der Waals surface area contributed by atoms with Crippen LogP contribution >= 0.6 is 27.3 Å². The second-order valence-electron chi connectivity index (χ2n) is 4.49. The number of nitrogens with zero attached hydrogens (tertiary/aromatic N) is 3. The summed E-state index contributed by atoms with van der Waals surface area (Å²) in [7, 11) is 0. The van der Waals surface area contributed by atoms with Crippen LogP contribution in [0.25, 0.3) is 32.3 Å². The van der Waals surface area contributed by atoms with E-state index in [2.05, 4.69) is 35.9 Å². The lowest BCUT2D eigenvalue weighted by atomic mass is 10.3. The molecule has 0 unspecified atom stereocenters. The minimum Gasteiger partial charge on any atom is -0.337 e. The van der Waals surface area contributed by atoms with Crippen LogP contribution in [0.2, 0.25) is 0 Å². The average molecular weight is 357 g/mol. The fourth-order valence-electron chi connectivity index (χ4n) is 2.13. The van der Waals surface area contributed by atoms with E-state index < -0.39 is 0 Å². The van der Waals surface area contributed by atoms with Gasteiger partial charge in [0, 0.05) is 28.6 Å².